The molecule has 5 aromatic rings. The lowest BCUT2D eigenvalue weighted by molar-refractivity contribution is 0.0528. The maximum Gasteiger partial charge on any atom is 0.414 e. The summed E-state index contributed by atoms with van der Waals surface area (Å²) in [5.41, 5.74) is 4.52. The second-order valence-corrected chi connectivity index (χ2v) is 9.70. The smallest absolute Gasteiger partial charge is 0.414 e. The fourth-order valence-electron chi connectivity index (χ4n) is 5.01. The zero-order chi connectivity index (χ0) is 29.5. The van der Waals surface area contributed by atoms with E-state index in [0.29, 0.717) is 35.2 Å². The first-order valence-electron chi connectivity index (χ1n) is 14.1. The number of aryl methyl sites for hydroxylation is 1. The highest BCUT2D eigenvalue weighted by Gasteiger charge is 2.28. The van der Waals surface area contributed by atoms with Gasteiger partial charge in [-0.05, 0) is 68.1 Å². The molecular formula is C35H32FNO5. The number of esters is 1. The van der Waals surface area contributed by atoms with Crippen LogP contribution in [-0.2, 0) is 15.9 Å². The highest BCUT2D eigenvalue weighted by Crippen LogP contribution is 2.41. The van der Waals surface area contributed by atoms with E-state index in [-0.39, 0.29) is 24.5 Å². The molecule has 0 radical (unpaired) electrons. The molecule has 7 heteroatoms. The topological polar surface area (TPSA) is 69.0 Å². The van der Waals surface area contributed by atoms with E-state index < -0.39 is 17.9 Å². The lowest BCUT2D eigenvalue weighted by Crippen LogP contribution is -2.33. The molecule has 0 aliphatic heterocycles. The van der Waals surface area contributed by atoms with Crippen LogP contribution >= 0.6 is 0 Å². The predicted molar refractivity (Wildman–Crippen MR) is 162 cm³/mol. The number of carbonyl (C=O) groups is 2. The van der Waals surface area contributed by atoms with E-state index in [4.69, 9.17) is 13.9 Å². The average Bonchev–Trinajstić information content (AvgIpc) is 3.39. The summed E-state index contributed by atoms with van der Waals surface area (Å²) < 4.78 is 30.9. The Morgan fingerprint density at radius 3 is 2.14 bits per heavy atom. The van der Waals surface area contributed by atoms with Gasteiger partial charge in [0.1, 0.15) is 22.7 Å². The molecule has 1 heterocycles. The van der Waals surface area contributed by atoms with E-state index in [2.05, 4.69) is 12.1 Å². The number of nitrogens with zero attached hydrogens (tertiary/aromatic N) is 1. The zero-order valence-corrected chi connectivity index (χ0v) is 23.6. The van der Waals surface area contributed by atoms with Crippen molar-refractivity contribution in [3.63, 3.8) is 0 Å². The van der Waals surface area contributed by atoms with Gasteiger partial charge in [-0.15, -0.1) is 0 Å². The van der Waals surface area contributed by atoms with Crippen LogP contribution in [0.1, 0.15) is 36.2 Å². The van der Waals surface area contributed by atoms with Gasteiger partial charge in [0.05, 0.1) is 18.9 Å². The van der Waals surface area contributed by atoms with Gasteiger partial charge < -0.3 is 13.9 Å². The van der Waals surface area contributed by atoms with Gasteiger partial charge in [-0.2, -0.15) is 0 Å². The van der Waals surface area contributed by atoms with E-state index >= 15 is 0 Å². The Balaban J connectivity index is 1.68. The summed E-state index contributed by atoms with van der Waals surface area (Å²) in [6, 6.07) is 29.1. The second-order valence-electron chi connectivity index (χ2n) is 9.70. The monoisotopic (exact) mass is 565 g/mol. The van der Waals surface area contributed by atoms with Crippen molar-refractivity contribution in [2.45, 2.75) is 26.7 Å². The normalized spacial score (nSPS) is 10.9. The van der Waals surface area contributed by atoms with Crippen molar-refractivity contribution >= 4 is 28.7 Å². The quantitative estimate of drug-likeness (QED) is 0.159. The van der Waals surface area contributed by atoms with Crippen LogP contribution in [0.5, 0.6) is 0 Å². The van der Waals surface area contributed by atoms with Crippen molar-refractivity contribution in [1.29, 1.82) is 0 Å². The van der Waals surface area contributed by atoms with Gasteiger partial charge in [0.25, 0.3) is 0 Å². The van der Waals surface area contributed by atoms with Crippen molar-refractivity contribution in [3.8, 4) is 22.5 Å². The first kappa shape index (κ1) is 28.6. The van der Waals surface area contributed by atoms with Gasteiger partial charge in [0.2, 0.25) is 0 Å². The number of amides is 1. The van der Waals surface area contributed by atoms with Gasteiger partial charge in [-0.25, -0.2) is 14.0 Å². The molecule has 0 aliphatic rings. The number of rotatable bonds is 10. The molecule has 1 aromatic heterocycles. The zero-order valence-electron chi connectivity index (χ0n) is 23.6. The Labute approximate surface area is 244 Å². The highest BCUT2D eigenvalue weighted by atomic mass is 19.1. The molecule has 0 unspecified atom stereocenters. The summed E-state index contributed by atoms with van der Waals surface area (Å²) in [6.07, 6.45) is 1.00. The number of furan rings is 1. The van der Waals surface area contributed by atoms with Crippen molar-refractivity contribution in [2.75, 3.05) is 24.7 Å². The third-order valence-corrected chi connectivity index (χ3v) is 6.95. The maximum atomic E-state index is 13.7. The first-order chi connectivity index (χ1) is 20.5. The Hall–Kier alpha value is -4.91. The Morgan fingerprint density at radius 2 is 1.48 bits per heavy atom. The molecular weight excluding hydrogens is 533 g/mol. The summed E-state index contributed by atoms with van der Waals surface area (Å²) in [5.74, 6) is -0.680. The summed E-state index contributed by atoms with van der Waals surface area (Å²) in [6.45, 7) is 4.30. The fraction of sp³-hybridized carbons (Fsp3) is 0.200. The standard InChI is InChI=1S/C35H32FNO5/c1-3-40-34(38)32-29-22-28(25-15-9-6-10-16-25)30(23-31(29)42-33(32)26-17-19-27(36)20-18-26)37(35(39)41-4-2)21-11-14-24-12-7-5-8-13-24/h5-10,12-13,15-20,22-23H,3-4,11,14,21H2,1-2H3. The summed E-state index contributed by atoms with van der Waals surface area (Å²) in [4.78, 5) is 28.3. The Bertz CT molecular complexity index is 1660. The minimum atomic E-state index is -0.549. The van der Waals surface area contributed by atoms with Crippen LogP contribution in [0.15, 0.2) is 101 Å². The average molecular weight is 566 g/mol. The third-order valence-electron chi connectivity index (χ3n) is 6.95. The van der Waals surface area contributed by atoms with Gasteiger partial charge >= 0.3 is 12.1 Å². The molecule has 0 saturated carbocycles. The molecule has 0 spiro atoms. The number of anilines is 1. The SMILES string of the molecule is CCOC(=O)c1c(-c2ccc(F)cc2)oc2cc(N(CCCc3ccccc3)C(=O)OCC)c(-c3ccccc3)cc12. The number of fused-ring (bicyclic) bond motifs is 1. The van der Waals surface area contributed by atoms with Crippen LogP contribution in [0.3, 0.4) is 0 Å². The molecule has 4 aromatic carbocycles. The van der Waals surface area contributed by atoms with Crippen LogP contribution in [0, 0.1) is 5.82 Å². The van der Waals surface area contributed by atoms with Crippen molar-refractivity contribution in [2.24, 2.45) is 0 Å². The van der Waals surface area contributed by atoms with Crippen LogP contribution in [0.2, 0.25) is 0 Å². The van der Waals surface area contributed by atoms with Gasteiger partial charge in [-0.1, -0.05) is 60.7 Å². The van der Waals surface area contributed by atoms with Gasteiger partial charge in [-0.3, -0.25) is 4.90 Å². The van der Waals surface area contributed by atoms with E-state index in [9.17, 15) is 14.0 Å². The lowest BCUT2D eigenvalue weighted by Gasteiger charge is -2.25. The van der Waals surface area contributed by atoms with E-state index in [1.54, 1.807) is 36.9 Å². The minimum Gasteiger partial charge on any atom is -0.462 e. The largest absolute Gasteiger partial charge is 0.462 e. The minimum absolute atomic E-state index is 0.177. The molecule has 0 saturated heterocycles. The Morgan fingerprint density at radius 1 is 0.810 bits per heavy atom. The highest BCUT2D eigenvalue weighted by molar-refractivity contribution is 6.11. The predicted octanol–water partition coefficient (Wildman–Crippen LogP) is 8.68. The number of ether oxygens (including phenoxy) is 2. The second kappa shape index (κ2) is 13.2. The maximum absolute atomic E-state index is 13.7. The number of halogens is 1. The summed E-state index contributed by atoms with van der Waals surface area (Å²) >= 11 is 0. The van der Waals surface area contributed by atoms with Gasteiger partial charge in [0, 0.05) is 29.1 Å². The molecule has 5 rings (SSSR count). The van der Waals surface area contributed by atoms with Crippen molar-refractivity contribution < 1.29 is 27.9 Å². The Kier molecular flexibility index (Phi) is 8.97. The number of hydrogen-bond donors (Lipinski definition) is 0. The summed E-state index contributed by atoms with van der Waals surface area (Å²) in [5, 5.41) is 0.531. The number of benzene rings is 4. The summed E-state index contributed by atoms with van der Waals surface area (Å²) in [7, 11) is 0. The molecule has 0 N–H and O–H groups in total. The number of carbonyl (C=O) groups excluding carboxylic acids is 2. The van der Waals surface area contributed by atoms with Crippen molar-refractivity contribution in [3.05, 3.63) is 114 Å². The molecule has 6 nitrogen and oxygen atoms in total. The van der Waals surface area contributed by atoms with Crippen molar-refractivity contribution in [1.82, 2.24) is 0 Å². The first-order valence-corrected chi connectivity index (χ1v) is 14.1. The molecule has 1 amide bonds. The molecule has 0 fully saturated rings. The van der Waals surface area contributed by atoms with Crippen LogP contribution in [0.4, 0.5) is 14.9 Å². The molecule has 214 valence electrons. The van der Waals surface area contributed by atoms with Crippen LogP contribution < -0.4 is 4.90 Å². The fourth-order valence-corrected chi connectivity index (χ4v) is 5.01. The van der Waals surface area contributed by atoms with E-state index in [0.717, 1.165) is 17.5 Å². The van der Waals surface area contributed by atoms with Crippen LogP contribution in [-0.4, -0.2) is 31.8 Å². The van der Waals surface area contributed by atoms with E-state index in [1.807, 2.05) is 54.6 Å². The number of hydrogen-bond acceptors (Lipinski definition) is 5. The van der Waals surface area contributed by atoms with Crippen LogP contribution in [0.25, 0.3) is 33.4 Å². The van der Waals surface area contributed by atoms with E-state index in [1.165, 1.54) is 17.7 Å². The third kappa shape index (κ3) is 6.20. The molecule has 0 bridgehead atoms. The molecule has 42 heavy (non-hydrogen) atoms. The molecule has 0 aliphatic carbocycles. The lowest BCUT2D eigenvalue weighted by atomic mass is 9.98. The molecule has 0 atom stereocenters. The van der Waals surface area contributed by atoms with Gasteiger partial charge in [0.15, 0.2) is 0 Å².